The van der Waals surface area contributed by atoms with Gasteiger partial charge in [-0.2, -0.15) is 0 Å². The van der Waals surface area contributed by atoms with Crippen molar-refractivity contribution in [2.75, 3.05) is 19.6 Å². The first kappa shape index (κ1) is 22.5. The van der Waals surface area contributed by atoms with Crippen molar-refractivity contribution in [2.45, 2.75) is 24.1 Å². The van der Waals surface area contributed by atoms with Crippen LogP contribution in [0.1, 0.15) is 28.2 Å². The molecule has 3 rings (SSSR count). The molecular weight excluding hydrogens is 395 g/mol. The second-order valence-electron chi connectivity index (χ2n) is 5.57. The number of carbonyl (C=O) groups excluding carboxylic acids is 1. The Morgan fingerprint density at radius 3 is 2.96 bits per heavy atom. The van der Waals surface area contributed by atoms with Gasteiger partial charge in [0.25, 0.3) is 5.91 Å². The van der Waals surface area contributed by atoms with Crippen LogP contribution < -0.4 is 10.6 Å². The Hall–Kier alpha value is -1.54. The Morgan fingerprint density at radius 1 is 1.42 bits per heavy atom. The number of halogens is 2. The van der Waals surface area contributed by atoms with Crippen molar-refractivity contribution in [3.8, 4) is 0 Å². The summed E-state index contributed by atoms with van der Waals surface area (Å²) in [6.45, 7) is 4.28. The highest BCUT2D eigenvalue weighted by Crippen LogP contribution is 2.24. The first-order chi connectivity index (χ1) is 11.7. The molecule has 0 spiro atoms. The first-order valence-electron chi connectivity index (χ1n) is 7.89. The SMILES string of the molecule is Cc1cc(CSc2ncccc2C(=O)NCC2=CCNCC2)no1.Cl.Cl. The molecule has 3 heterocycles. The van der Waals surface area contributed by atoms with Crippen molar-refractivity contribution in [3.05, 3.63) is 53.1 Å². The molecule has 2 aromatic rings. The molecule has 0 unspecified atom stereocenters. The molecule has 0 aliphatic carbocycles. The van der Waals surface area contributed by atoms with Crippen molar-refractivity contribution >= 4 is 42.5 Å². The maximum atomic E-state index is 12.5. The third kappa shape index (κ3) is 6.32. The molecule has 0 atom stereocenters. The summed E-state index contributed by atoms with van der Waals surface area (Å²) in [6.07, 6.45) is 4.80. The zero-order valence-corrected chi connectivity index (χ0v) is 16.8. The van der Waals surface area contributed by atoms with Crippen molar-refractivity contribution in [2.24, 2.45) is 0 Å². The molecule has 6 nitrogen and oxygen atoms in total. The molecule has 0 radical (unpaired) electrons. The minimum atomic E-state index is -0.0960. The van der Waals surface area contributed by atoms with Gasteiger partial charge in [0, 0.05) is 31.1 Å². The molecule has 26 heavy (non-hydrogen) atoms. The van der Waals surface area contributed by atoms with E-state index in [9.17, 15) is 4.79 Å². The molecule has 0 fully saturated rings. The Morgan fingerprint density at radius 2 is 2.27 bits per heavy atom. The van der Waals surface area contributed by atoms with Gasteiger partial charge in [0.15, 0.2) is 0 Å². The summed E-state index contributed by atoms with van der Waals surface area (Å²) in [4.78, 5) is 16.8. The number of nitrogens with zero attached hydrogens (tertiary/aromatic N) is 2. The summed E-state index contributed by atoms with van der Waals surface area (Å²) in [5.74, 6) is 1.30. The minimum absolute atomic E-state index is 0. The summed E-state index contributed by atoms with van der Waals surface area (Å²) in [7, 11) is 0. The summed E-state index contributed by atoms with van der Waals surface area (Å²) >= 11 is 1.48. The van der Waals surface area contributed by atoms with Crippen LogP contribution in [0.25, 0.3) is 0 Å². The van der Waals surface area contributed by atoms with E-state index in [0.29, 0.717) is 22.9 Å². The number of aryl methyl sites for hydroxylation is 1. The van der Waals surface area contributed by atoms with Crippen LogP contribution in [0, 0.1) is 6.92 Å². The van der Waals surface area contributed by atoms with Gasteiger partial charge in [-0.05, 0) is 32.0 Å². The monoisotopic (exact) mass is 416 g/mol. The average molecular weight is 417 g/mol. The highest BCUT2D eigenvalue weighted by molar-refractivity contribution is 7.98. The number of aromatic nitrogens is 2. The average Bonchev–Trinajstić information content (AvgIpc) is 3.04. The van der Waals surface area contributed by atoms with Crippen molar-refractivity contribution in [1.29, 1.82) is 0 Å². The van der Waals surface area contributed by atoms with Crippen LogP contribution in [0.2, 0.25) is 0 Å². The molecule has 142 valence electrons. The van der Waals surface area contributed by atoms with Crippen molar-refractivity contribution < 1.29 is 9.32 Å². The van der Waals surface area contributed by atoms with E-state index in [2.05, 4.69) is 26.9 Å². The zero-order chi connectivity index (χ0) is 16.8. The molecule has 0 saturated carbocycles. The van der Waals surface area contributed by atoms with Crippen molar-refractivity contribution in [3.63, 3.8) is 0 Å². The molecule has 1 aliphatic rings. The van der Waals surface area contributed by atoms with E-state index in [0.717, 1.165) is 31.0 Å². The summed E-state index contributed by atoms with van der Waals surface area (Å²) in [5.41, 5.74) is 2.70. The largest absolute Gasteiger partial charge is 0.361 e. The Kier molecular flexibility index (Phi) is 9.72. The summed E-state index contributed by atoms with van der Waals surface area (Å²) in [6, 6.07) is 5.47. The standard InChI is InChI=1S/C17H20N4O2S.2ClH/c1-12-9-14(21-23-12)11-24-17-15(3-2-6-19-17)16(22)20-10-13-4-7-18-8-5-13;;/h2-4,6,9,18H,5,7-8,10-11H2,1H3,(H,20,22);2*1H. The maximum Gasteiger partial charge on any atom is 0.254 e. The van der Waals surface area contributed by atoms with E-state index < -0.39 is 0 Å². The van der Waals surface area contributed by atoms with E-state index in [1.165, 1.54) is 17.3 Å². The van der Waals surface area contributed by atoms with Crippen LogP contribution in [0.3, 0.4) is 0 Å². The maximum absolute atomic E-state index is 12.5. The molecular formula is C17H22Cl2N4O2S. The topological polar surface area (TPSA) is 80.0 Å². The van der Waals surface area contributed by atoms with Crippen LogP contribution in [0.5, 0.6) is 0 Å². The number of pyridine rings is 1. The highest BCUT2D eigenvalue weighted by atomic mass is 35.5. The lowest BCUT2D eigenvalue weighted by Crippen LogP contribution is -2.30. The van der Waals surface area contributed by atoms with E-state index in [-0.39, 0.29) is 30.7 Å². The highest BCUT2D eigenvalue weighted by Gasteiger charge is 2.14. The molecule has 1 amide bonds. The molecule has 2 N–H and O–H groups in total. The van der Waals surface area contributed by atoms with Gasteiger partial charge < -0.3 is 15.2 Å². The fourth-order valence-corrected chi connectivity index (χ4v) is 3.30. The van der Waals surface area contributed by atoms with E-state index >= 15 is 0 Å². The van der Waals surface area contributed by atoms with E-state index in [1.807, 2.05) is 13.0 Å². The van der Waals surface area contributed by atoms with Crippen LogP contribution in [0.15, 0.2) is 45.6 Å². The molecule has 0 aromatic carbocycles. The third-order valence-electron chi connectivity index (χ3n) is 3.68. The van der Waals surface area contributed by atoms with E-state index in [1.54, 1.807) is 18.3 Å². The molecule has 1 aliphatic heterocycles. The molecule has 9 heteroatoms. The number of amides is 1. The van der Waals surface area contributed by atoms with Crippen LogP contribution in [-0.2, 0) is 5.75 Å². The fraction of sp³-hybridized carbons (Fsp3) is 0.353. The smallest absolute Gasteiger partial charge is 0.254 e. The van der Waals surface area contributed by atoms with Crippen LogP contribution in [-0.4, -0.2) is 35.7 Å². The van der Waals surface area contributed by atoms with Gasteiger partial charge in [-0.15, -0.1) is 24.8 Å². The number of rotatable bonds is 6. The Balaban J connectivity index is 0.00000169. The van der Waals surface area contributed by atoms with Crippen LogP contribution in [0.4, 0.5) is 0 Å². The minimum Gasteiger partial charge on any atom is -0.361 e. The van der Waals surface area contributed by atoms with Gasteiger partial charge in [0.1, 0.15) is 10.8 Å². The van der Waals surface area contributed by atoms with Gasteiger partial charge in [0.05, 0.1) is 11.3 Å². The predicted molar refractivity (Wildman–Crippen MR) is 107 cm³/mol. The summed E-state index contributed by atoms with van der Waals surface area (Å²) < 4.78 is 5.06. The fourth-order valence-electron chi connectivity index (χ4n) is 2.43. The van der Waals surface area contributed by atoms with Gasteiger partial charge >= 0.3 is 0 Å². The number of carbonyl (C=O) groups is 1. The number of thioether (sulfide) groups is 1. The molecule has 0 bridgehead atoms. The third-order valence-corrected chi connectivity index (χ3v) is 4.72. The number of nitrogens with one attached hydrogen (secondary N) is 2. The van der Waals surface area contributed by atoms with Crippen LogP contribution >= 0.6 is 36.6 Å². The zero-order valence-electron chi connectivity index (χ0n) is 14.4. The normalized spacial score (nSPS) is 13.2. The van der Waals surface area contributed by atoms with Gasteiger partial charge in [-0.25, -0.2) is 4.98 Å². The summed E-state index contributed by atoms with van der Waals surface area (Å²) in [5, 5.41) is 10.9. The lowest BCUT2D eigenvalue weighted by molar-refractivity contribution is 0.0953. The number of hydrogen-bond donors (Lipinski definition) is 2. The van der Waals surface area contributed by atoms with Gasteiger partial charge in [-0.3, -0.25) is 4.79 Å². The molecule has 2 aromatic heterocycles. The molecule has 0 saturated heterocycles. The van der Waals surface area contributed by atoms with Gasteiger partial charge in [0.2, 0.25) is 0 Å². The number of hydrogen-bond acceptors (Lipinski definition) is 6. The quantitative estimate of drug-likeness (QED) is 0.555. The second-order valence-corrected chi connectivity index (χ2v) is 6.54. The predicted octanol–water partition coefficient (Wildman–Crippen LogP) is 3.16. The van der Waals surface area contributed by atoms with Crippen molar-refractivity contribution in [1.82, 2.24) is 20.8 Å². The lowest BCUT2D eigenvalue weighted by Gasteiger charge is -2.15. The first-order valence-corrected chi connectivity index (χ1v) is 8.88. The van der Waals surface area contributed by atoms with Gasteiger partial charge in [-0.1, -0.05) is 28.6 Å². The second kappa shape index (κ2) is 11.2. The van der Waals surface area contributed by atoms with E-state index in [4.69, 9.17) is 4.52 Å². The Labute approximate surface area is 169 Å². The Bertz CT molecular complexity index is 752. The lowest BCUT2D eigenvalue weighted by atomic mass is 10.1.